The third-order valence-electron chi connectivity index (χ3n) is 9.26. The number of benzene rings is 1. The first-order valence-electron chi connectivity index (χ1n) is 16.2. The van der Waals surface area contributed by atoms with Gasteiger partial charge in [0.2, 0.25) is 0 Å². The predicted molar refractivity (Wildman–Crippen MR) is 168 cm³/mol. The quantitative estimate of drug-likeness (QED) is 0.377. The van der Waals surface area contributed by atoms with E-state index < -0.39 is 42.2 Å². The molecule has 3 aliphatic heterocycles. The fourth-order valence-electron chi connectivity index (χ4n) is 6.32. The molecule has 2 saturated heterocycles. The zero-order valence-corrected chi connectivity index (χ0v) is 27.0. The Morgan fingerprint density at radius 2 is 1.87 bits per heavy atom. The van der Waals surface area contributed by atoms with Gasteiger partial charge in [-0.15, -0.1) is 5.10 Å². The lowest BCUT2D eigenvalue weighted by molar-refractivity contribution is -0.151. The maximum Gasteiger partial charge on any atom is 0.410 e. The van der Waals surface area contributed by atoms with E-state index >= 15 is 4.39 Å². The van der Waals surface area contributed by atoms with Gasteiger partial charge in [0.15, 0.2) is 5.82 Å². The lowest BCUT2D eigenvalue weighted by Crippen LogP contribution is -2.48. The Bertz CT molecular complexity index is 1440. The number of halogens is 1. The Morgan fingerprint density at radius 1 is 1.11 bits per heavy atom. The zero-order valence-electron chi connectivity index (χ0n) is 27.0. The Labute approximate surface area is 268 Å². The Kier molecular flexibility index (Phi) is 11.1. The molecule has 2 N–H and O–H groups in total. The van der Waals surface area contributed by atoms with E-state index in [1.165, 1.54) is 6.07 Å². The molecule has 2 fully saturated rings. The van der Waals surface area contributed by atoms with Gasteiger partial charge in [-0.25, -0.2) is 13.9 Å². The number of fused-ring (bicyclic) bond motifs is 1. The number of piperazine rings is 1. The van der Waals surface area contributed by atoms with E-state index in [1.54, 1.807) is 28.6 Å². The number of nitrogens with zero attached hydrogens (tertiary/aromatic N) is 5. The van der Waals surface area contributed by atoms with Crippen LogP contribution in [-0.4, -0.2) is 118 Å². The summed E-state index contributed by atoms with van der Waals surface area (Å²) in [5.74, 6) is -1.53. The standard InChI is InChI=1S/C33H46FN5O7/c1-20-5-7-24(40)18-30(42)46-32(21(2)6-8-29(20)45-33(43)38-12-10-37(4)11-13-38)22(3)15-23-16-25(34)31-27(17-23)39(36-35-31)26-9-14-44-19-28(26)41/h6,8,15-17,20-21,24,26,28-29,32,40-41H,5,7,9-14,18-19H2,1-4H3/b8-6+,22-15+/t20-,21-,24+,26-,28-,29+,32-/m0/s1. The van der Waals surface area contributed by atoms with E-state index in [-0.39, 0.29) is 36.5 Å². The summed E-state index contributed by atoms with van der Waals surface area (Å²) >= 11 is 0. The molecule has 0 bridgehead atoms. The van der Waals surface area contributed by atoms with Crippen molar-refractivity contribution in [2.45, 2.75) is 76.9 Å². The molecule has 0 saturated carbocycles. The number of hydrogen-bond donors (Lipinski definition) is 2. The summed E-state index contributed by atoms with van der Waals surface area (Å²) in [6, 6.07) is 2.70. The van der Waals surface area contributed by atoms with Crippen molar-refractivity contribution in [2.75, 3.05) is 46.4 Å². The van der Waals surface area contributed by atoms with Crippen molar-refractivity contribution in [3.8, 4) is 0 Å². The molecule has 0 aliphatic carbocycles. The number of esters is 1. The van der Waals surface area contributed by atoms with Crippen molar-refractivity contribution in [3.05, 3.63) is 41.2 Å². The topological polar surface area (TPSA) is 139 Å². The number of hydrogen-bond acceptors (Lipinski definition) is 10. The molecule has 0 spiro atoms. The molecular weight excluding hydrogens is 597 g/mol. The maximum atomic E-state index is 15.2. The van der Waals surface area contributed by atoms with Crippen molar-refractivity contribution >= 4 is 29.2 Å². The number of ether oxygens (including phenoxy) is 3. The number of cyclic esters (lactones) is 1. The summed E-state index contributed by atoms with van der Waals surface area (Å²) < 4.78 is 34.0. The van der Waals surface area contributed by atoms with Gasteiger partial charge in [-0.3, -0.25) is 4.79 Å². The molecule has 1 amide bonds. The summed E-state index contributed by atoms with van der Waals surface area (Å²) in [6.07, 6.45) is 3.39. The lowest BCUT2D eigenvalue weighted by atomic mass is 9.91. The molecule has 3 aliphatic rings. The smallest absolute Gasteiger partial charge is 0.410 e. The van der Waals surface area contributed by atoms with Crippen LogP contribution in [0.1, 0.15) is 58.1 Å². The Hall–Kier alpha value is -3.39. The van der Waals surface area contributed by atoms with Crippen molar-refractivity contribution in [3.63, 3.8) is 0 Å². The van der Waals surface area contributed by atoms with Gasteiger partial charge in [0, 0.05) is 38.7 Å². The highest BCUT2D eigenvalue weighted by molar-refractivity contribution is 5.79. The van der Waals surface area contributed by atoms with Crippen molar-refractivity contribution in [1.82, 2.24) is 24.8 Å². The average Bonchev–Trinajstić information content (AvgIpc) is 3.44. The minimum Gasteiger partial charge on any atom is -0.457 e. The molecule has 46 heavy (non-hydrogen) atoms. The van der Waals surface area contributed by atoms with Gasteiger partial charge in [-0.05, 0) is 68.5 Å². The molecular formula is C33H46FN5O7. The number of aliphatic hydroxyl groups is 2. The number of rotatable bonds is 4. The van der Waals surface area contributed by atoms with Crippen LogP contribution in [0.5, 0.6) is 0 Å². The number of aromatic nitrogens is 3. The van der Waals surface area contributed by atoms with Gasteiger partial charge < -0.3 is 34.2 Å². The molecule has 252 valence electrons. The molecule has 0 unspecified atom stereocenters. The van der Waals surface area contributed by atoms with Gasteiger partial charge in [0.25, 0.3) is 0 Å². The predicted octanol–water partition coefficient (Wildman–Crippen LogP) is 3.33. The number of carbonyl (C=O) groups excluding carboxylic acids is 2. The molecule has 2 aromatic rings. The van der Waals surface area contributed by atoms with Crippen LogP contribution in [0.15, 0.2) is 29.9 Å². The van der Waals surface area contributed by atoms with Gasteiger partial charge in [0.05, 0.1) is 36.8 Å². The molecule has 13 heteroatoms. The summed E-state index contributed by atoms with van der Waals surface area (Å²) in [7, 11) is 2.02. The van der Waals surface area contributed by atoms with Crippen LogP contribution in [-0.2, 0) is 19.0 Å². The third-order valence-corrected chi connectivity index (χ3v) is 9.26. The van der Waals surface area contributed by atoms with Gasteiger partial charge >= 0.3 is 12.1 Å². The second-order valence-corrected chi connectivity index (χ2v) is 13.0. The Morgan fingerprint density at radius 3 is 2.61 bits per heavy atom. The first kappa shape index (κ1) is 34.0. The van der Waals surface area contributed by atoms with Crippen LogP contribution >= 0.6 is 0 Å². The highest BCUT2D eigenvalue weighted by Crippen LogP contribution is 2.29. The normalized spacial score (nSPS) is 31.5. The summed E-state index contributed by atoms with van der Waals surface area (Å²) in [6.45, 7) is 9.03. The molecule has 1 aromatic heterocycles. The van der Waals surface area contributed by atoms with Crippen molar-refractivity contribution in [1.29, 1.82) is 0 Å². The molecule has 5 rings (SSSR count). The molecule has 7 atom stereocenters. The fourth-order valence-corrected chi connectivity index (χ4v) is 6.32. The second-order valence-electron chi connectivity index (χ2n) is 13.0. The van der Waals surface area contributed by atoms with Gasteiger partial charge in [-0.1, -0.05) is 31.2 Å². The zero-order chi connectivity index (χ0) is 33.0. The number of aliphatic hydroxyl groups excluding tert-OH is 2. The van der Waals surface area contributed by atoms with Crippen LogP contribution in [0, 0.1) is 17.7 Å². The number of carbonyl (C=O) groups is 2. The van der Waals surface area contributed by atoms with Gasteiger partial charge in [0.1, 0.15) is 17.7 Å². The van der Waals surface area contributed by atoms with Crippen LogP contribution in [0.4, 0.5) is 9.18 Å². The lowest BCUT2D eigenvalue weighted by Gasteiger charge is -2.33. The summed E-state index contributed by atoms with van der Waals surface area (Å²) in [4.78, 5) is 29.9. The van der Waals surface area contributed by atoms with E-state index in [0.717, 1.165) is 13.1 Å². The third kappa shape index (κ3) is 8.11. The Balaban J connectivity index is 1.41. The summed E-state index contributed by atoms with van der Waals surface area (Å²) in [5.41, 5.74) is 1.71. The molecule has 1 aromatic carbocycles. The number of likely N-dealkylation sites (N-methyl/N-ethyl adjacent to an activating group) is 1. The van der Waals surface area contributed by atoms with E-state index in [4.69, 9.17) is 14.2 Å². The number of amides is 1. The van der Waals surface area contributed by atoms with E-state index in [9.17, 15) is 19.8 Å². The fraction of sp³-hybridized carbons (Fsp3) is 0.636. The SMILES string of the molecule is C/C(=C\c1cc(F)c2nnn([C@H]3CCOC[C@@H]3O)c2c1)[C@H]1OC(=O)C[C@H](O)CC[C@H](C)[C@H](OC(=O)N2CCN(C)CC2)/C=C/[C@@H]1C. The maximum absolute atomic E-state index is 15.2. The van der Waals surface area contributed by atoms with E-state index in [0.29, 0.717) is 55.6 Å². The highest BCUT2D eigenvalue weighted by Gasteiger charge is 2.30. The highest BCUT2D eigenvalue weighted by atomic mass is 19.1. The van der Waals surface area contributed by atoms with Gasteiger partial charge in [-0.2, -0.15) is 0 Å². The largest absolute Gasteiger partial charge is 0.457 e. The molecule has 12 nitrogen and oxygen atoms in total. The van der Waals surface area contributed by atoms with Crippen LogP contribution in [0.25, 0.3) is 17.1 Å². The van der Waals surface area contributed by atoms with Crippen molar-refractivity contribution in [2.24, 2.45) is 11.8 Å². The summed E-state index contributed by atoms with van der Waals surface area (Å²) in [5, 5.41) is 29.3. The van der Waals surface area contributed by atoms with Crippen LogP contribution < -0.4 is 0 Å². The molecule has 4 heterocycles. The monoisotopic (exact) mass is 643 g/mol. The van der Waals surface area contributed by atoms with E-state index in [2.05, 4.69) is 15.2 Å². The first-order valence-corrected chi connectivity index (χ1v) is 16.2. The van der Waals surface area contributed by atoms with Crippen LogP contribution in [0.2, 0.25) is 0 Å². The molecule has 0 radical (unpaired) electrons. The average molecular weight is 644 g/mol. The van der Waals surface area contributed by atoms with E-state index in [1.807, 2.05) is 33.0 Å². The second kappa shape index (κ2) is 15.0. The van der Waals surface area contributed by atoms with Crippen molar-refractivity contribution < 1.29 is 38.4 Å². The first-order chi connectivity index (χ1) is 22.0. The van der Waals surface area contributed by atoms with Crippen LogP contribution in [0.3, 0.4) is 0 Å². The minimum atomic E-state index is -0.905. The minimum absolute atomic E-state index is 0.0949.